The van der Waals surface area contributed by atoms with E-state index >= 15 is 9.59 Å². The fraction of sp³-hybridized carbons (Fsp3) is 0.833. The Morgan fingerprint density at radius 2 is 1.20 bits per heavy atom. The van der Waals surface area contributed by atoms with Gasteiger partial charge in [-0.1, -0.05) is 92.9 Å². The minimum Gasteiger partial charge on any atom is -0.351 e. The Labute approximate surface area is 548 Å². The number of carbonyl (C=O) groups excluding carboxylic acids is 11. The molecule has 6 aliphatic rings. The zero-order chi connectivity index (χ0) is 68.3. The van der Waals surface area contributed by atoms with E-state index in [2.05, 4.69) is 21.3 Å². The van der Waals surface area contributed by atoms with Crippen molar-refractivity contribution in [2.75, 3.05) is 61.4 Å². The fourth-order valence-corrected chi connectivity index (χ4v) is 15.6. The summed E-state index contributed by atoms with van der Waals surface area (Å²) >= 11 is 6.37. The molecule has 0 aromatic carbocycles. The summed E-state index contributed by atoms with van der Waals surface area (Å²) < 4.78 is 41.8. The lowest BCUT2D eigenvalue weighted by Gasteiger charge is -2.39. The maximum absolute atomic E-state index is 15.1. The summed E-state index contributed by atoms with van der Waals surface area (Å²) in [5.41, 5.74) is -1.47. The van der Waals surface area contributed by atoms with Crippen LogP contribution in [0.15, 0.2) is 0 Å². The minimum atomic E-state index is -4.49. The van der Waals surface area contributed by atoms with Crippen LogP contribution in [0.2, 0.25) is 0 Å². The van der Waals surface area contributed by atoms with Crippen molar-refractivity contribution in [1.82, 2.24) is 55.6 Å². The number of hydrogen-bond acceptors (Lipinski definition) is 11. The summed E-state index contributed by atoms with van der Waals surface area (Å²) in [7, 11) is 7.33. The molecule has 0 aromatic heterocycles. The van der Waals surface area contributed by atoms with Crippen LogP contribution in [-0.2, 0) is 52.7 Å². The van der Waals surface area contributed by atoms with Crippen LogP contribution in [0.25, 0.3) is 0 Å². The van der Waals surface area contributed by atoms with Gasteiger partial charge in [0, 0.05) is 66.2 Å². The SMILES string of the molecule is CC[C@H](C)[C@@H]1NC(=O)[C@H](CC(C)C)N(C)C(=O)C[C@@H](C)NC(=O)[C@H](C(C)C)N(C)C(=O)C2(CCCC2)NC(=O)[C@@H]2CCCN2C(=O)[C@H](CCC2CCC(C(F)(F)F)C(Cl)C2)NC(=O)CN(C)C(=O)[C@H](CC2CCCCC2)N(C)C(=O)CN(C)C(=O)[C@@H]2CCCN2C1=O. The first-order chi connectivity index (χ1) is 43.2. The largest absolute Gasteiger partial charge is 0.393 e. The van der Waals surface area contributed by atoms with Crippen LogP contribution in [0, 0.1) is 35.5 Å². The average Bonchev–Trinajstić information content (AvgIpc) is 1.67. The number of alkyl halides is 4. The van der Waals surface area contributed by atoms with Gasteiger partial charge in [-0.25, -0.2) is 0 Å². The van der Waals surface area contributed by atoms with Gasteiger partial charge >= 0.3 is 6.18 Å². The molecular formula is C66H107ClF3N11O11. The number of fused-ring (bicyclic) bond motifs is 2. The Morgan fingerprint density at radius 3 is 1.78 bits per heavy atom. The minimum absolute atomic E-state index is 0.0165. The molecule has 22 nitrogen and oxygen atoms in total. The molecule has 3 heterocycles. The first-order valence-corrected chi connectivity index (χ1v) is 34.5. The molecule has 3 saturated heterocycles. The molecule has 1 spiro atoms. The molecule has 3 saturated carbocycles. The predicted molar refractivity (Wildman–Crippen MR) is 341 cm³/mol. The molecule has 26 heteroatoms. The van der Waals surface area contributed by atoms with Gasteiger partial charge < -0.3 is 55.6 Å². The molecule has 11 amide bonds. The first kappa shape index (κ1) is 75.3. The van der Waals surface area contributed by atoms with E-state index in [0.29, 0.717) is 32.1 Å². The van der Waals surface area contributed by atoms with Crippen LogP contribution in [0.4, 0.5) is 13.2 Å². The van der Waals surface area contributed by atoms with Crippen LogP contribution >= 0.6 is 11.6 Å². The van der Waals surface area contributed by atoms with Crippen LogP contribution < -0.4 is 21.3 Å². The van der Waals surface area contributed by atoms with Gasteiger partial charge in [0.15, 0.2) is 0 Å². The summed E-state index contributed by atoms with van der Waals surface area (Å²) in [4.78, 5) is 171. The Bertz CT molecular complexity index is 2640. The highest BCUT2D eigenvalue weighted by molar-refractivity contribution is 6.20. The van der Waals surface area contributed by atoms with E-state index in [0.717, 1.165) is 32.1 Å². The summed E-state index contributed by atoms with van der Waals surface area (Å²) in [5, 5.41) is 10.5. The van der Waals surface area contributed by atoms with Gasteiger partial charge in [0.25, 0.3) is 0 Å². The molecule has 3 unspecified atom stereocenters. The number of rotatable bonds is 10. The van der Waals surface area contributed by atoms with E-state index in [1.807, 2.05) is 27.7 Å². The second kappa shape index (κ2) is 33.1. The van der Waals surface area contributed by atoms with Gasteiger partial charge in [0.2, 0.25) is 65.0 Å². The van der Waals surface area contributed by atoms with Crippen LogP contribution in [0.1, 0.15) is 190 Å². The van der Waals surface area contributed by atoms with Crippen LogP contribution in [0.5, 0.6) is 0 Å². The maximum atomic E-state index is 15.1. The van der Waals surface area contributed by atoms with Crippen LogP contribution in [0.3, 0.4) is 0 Å². The molecule has 0 aromatic rings. The number of likely N-dealkylation sites (N-methyl/N-ethyl adjacent to an activating group) is 5. The zero-order valence-corrected chi connectivity index (χ0v) is 57.4. The van der Waals surface area contributed by atoms with Crippen molar-refractivity contribution in [2.45, 2.75) is 255 Å². The Morgan fingerprint density at radius 1 is 0.598 bits per heavy atom. The van der Waals surface area contributed by atoms with Gasteiger partial charge in [-0.15, -0.1) is 11.6 Å². The predicted octanol–water partition coefficient (Wildman–Crippen LogP) is 5.76. The van der Waals surface area contributed by atoms with E-state index in [1.165, 1.54) is 69.5 Å². The fourth-order valence-electron chi connectivity index (χ4n) is 15.1. The molecule has 0 bridgehead atoms. The van der Waals surface area contributed by atoms with E-state index in [9.17, 15) is 56.3 Å². The second-order valence-corrected chi connectivity index (χ2v) is 29.1. The van der Waals surface area contributed by atoms with Gasteiger partial charge in [0.1, 0.15) is 47.8 Å². The van der Waals surface area contributed by atoms with Crippen molar-refractivity contribution in [1.29, 1.82) is 0 Å². The molecule has 6 rings (SSSR count). The third-order valence-corrected chi connectivity index (χ3v) is 21.2. The Balaban J connectivity index is 1.36. The lowest BCUT2D eigenvalue weighted by Crippen LogP contribution is -2.64. The lowest BCUT2D eigenvalue weighted by atomic mass is 9.78. The van der Waals surface area contributed by atoms with Crippen molar-refractivity contribution in [3.63, 3.8) is 0 Å². The number of halogens is 4. The summed E-state index contributed by atoms with van der Waals surface area (Å²) in [6, 6.07) is -8.51. The van der Waals surface area contributed by atoms with E-state index in [1.54, 1.807) is 20.8 Å². The molecule has 4 N–H and O–H groups in total. The van der Waals surface area contributed by atoms with Crippen LogP contribution in [-0.4, -0.2) is 226 Å². The highest BCUT2D eigenvalue weighted by atomic mass is 35.5. The molecule has 0 radical (unpaired) electrons. The molecule has 92 heavy (non-hydrogen) atoms. The molecule has 12 atom stereocenters. The molecular weight excluding hydrogens is 1220 g/mol. The third kappa shape index (κ3) is 18.8. The van der Waals surface area contributed by atoms with Gasteiger partial charge in [-0.05, 0) is 120 Å². The molecule has 3 aliphatic heterocycles. The lowest BCUT2D eigenvalue weighted by molar-refractivity contribution is -0.182. The Hall–Kier alpha value is -5.75. The van der Waals surface area contributed by atoms with Crippen molar-refractivity contribution < 1.29 is 65.9 Å². The molecule has 520 valence electrons. The van der Waals surface area contributed by atoms with Gasteiger partial charge in [0.05, 0.1) is 19.0 Å². The van der Waals surface area contributed by atoms with Crippen molar-refractivity contribution in [3.8, 4) is 0 Å². The van der Waals surface area contributed by atoms with Gasteiger partial charge in [-0.3, -0.25) is 52.7 Å². The Kier molecular flexibility index (Phi) is 27.1. The number of nitrogens with one attached hydrogen (secondary N) is 4. The van der Waals surface area contributed by atoms with E-state index in [-0.39, 0.29) is 108 Å². The number of carbonyl (C=O) groups is 11. The van der Waals surface area contributed by atoms with Gasteiger partial charge in [-0.2, -0.15) is 13.2 Å². The quantitative estimate of drug-likeness (QED) is 0.191. The topological polar surface area (TPSA) is 259 Å². The first-order valence-electron chi connectivity index (χ1n) is 34.0. The van der Waals surface area contributed by atoms with E-state index in [4.69, 9.17) is 11.6 Å². The zero-order valence-electron chi connectivity index (χ0n) is 56.7. The second-order valence-electron chi connectivity index (χ2n) is 28.6. The number of nitrogens with zero attached hydrogens (tertiary/aromatic N) is 7. The summed E-state index contributed by atoms with van der Waals surface area (Å²) in [6.07, 6.45) is 3.72. The van der Waals surface area contributed by atoms with E-state index < -0.39 is 161 Å². The molecule has 3 aliphatic carbocycles. The highest BCUT2D eigenvalue weighted by Gasteiger charge is 2.51. The van der Waals surface area contributed by atoms with Crippen molar-refractivity contribution in [2.24, 2.45) is 35.5 Å². The number of amides is 11. The normalized spacial score (nSPS) is 30.9. The summed E-state index contributed by atoms with van der Waals surface area (Å²) in [6.45, 7) is 11.9. The monoisotopic (exact) mass is 1320 g/mol. The third-order valence-electron chi connectivity index (χ3n) is 20.8. The van der Waals surface area contributed by atoms with Crippen molar-refractivity contribution in [3.05, 3.63) is 0 Å². The number of hydrogen-bond donors (Lipinski definition) is 4. The smallest absolute Gasteiger partial charge is 0.351 e. The standard InChI is InChI=1S/C66H107ClF3N11O11/c1-13-41(6)55-63(91)81-32-20-24-49(81)61(89)76(9)38-54(84)78(11)51(36-43-21-15-14-16-22-43)62(90)75(8)37-52(82)72-47(28-26-44-25-27-45(46(67)35-44)66(68,69)70)60(88)80-31-19-23-48(80)58(86)74-65(29-17-18-30-65)64(92)79(12)56(40(4)5)59(87)71-42(7)34-53(83)77(10)50(33-39(2)3)57(85)73-55/h39-51,55-56H,13-38H2,1-12H3,(H,71,87)(H,72,82)(H,73,85)(H,74,86)/t41-,42+,44?,45?,46?,47-,48-,49-,50-,51-,55-,56-/m0/s1. The average molecular weight is 1320 g/mol. The molecule has 6 fully saturated rings. The maximum Gasteiger partial charge on any atom is 0.393 e. The highest BCUT2D eigenvalue weighted by Crippen LogP contribution is 2.44. The van der Waals surface area contributed by atoms with Crippen molar-refractivity contribution >= 4 is 76.6 Å². The summed E-state index contributed by atoms with van der Waals surface area (Å²) in [5.74, 6) is -9.26.